The molecule has 0 heterocycles. The van der Waals surface area contributed by atoms with Crippen LogP contribution >= 0.6 is 13.5 Å². The van der Waals surface area contributed by atoms with E-state index in [1.807, 2.05) is 0 Å². The van der Waals surface area contributed by atoms with Gasteiger partial charge in [-0.1, -0.05) is 48.6 Å². The molecule has 11 heavy (non-hydrogen) atoms. The molecule has 0 nitrogen and oxygen atoms in total. The van der Waals surface area contributed by atoms with Gasteiger partial charge in [0.05, 0.1) is 0 Å². The van der Waals surface area contributed by atoms with Crippen molar-refractivity contribution in [3.63, 3.8) is 0 Å². The molecular weight excluding hydrogens is 152 g/mol. The zero-order valence-electron chi connectivity index (χ0n) is 6.53. The lowest BCUT2D eigenvalue weighted by atomic mass is 10.5. The summed E-state index contributed by atoms with van der Waals surface area (Å²) >= 11 is 0. The van der Waals surface area contributed by atoms with Crippen LogP contribution in [0.2, 0.25) is 0 Å². The molecule has 0 spiro atoms. The normalized spacial score (nSPS) is 16.0. The zero-order valence-corrected chi connectivity index (χ0v) is 7.53. The van der Waals surface area contributed by atoms with Gasteiger partial charge in [0.1, 0.15) is 0 Å². The molecule has 0 aromatic heterocycles. The van der Waals surface area contributed by atoms with E-state index >= 15 is 0 Å². The van der Waals surface area contributed by atoms with E-state index in [1.165, 1.54) is 0 Å². The van der Waals surface area contributed by atoms with Crippen molar-refractivity contribution in [2.45, 2.75) is 12.8 Å². The Morgan fingerprint density at radius 1 is 0.545 bits per heavy atom. The monoisotopic (exact) mass is 166 g/mol. The van der Waals surface area contributed by atoms with Crippen LogP contribution in [0.25, 0.3) is 0 Å². The van der Waals surface area contributed by atoms with Gasteiger partial charge in [0.15, 0.2) is 0 Å². The van der Waals surface area contributed by atoms with E-state index in [1.54, 1.807) is 0 Å². The summed E-state index contributed by atoms with van der Waals surface area (Å²) in [7, 11) is 0. The molecule has 60 valence electrons. The van der Waals surface area contributed by atoms with E-state index in [-0.39, 0.29) is 13.5 Å². The summed E-state index contributed by atoms with van der Waals surface area (Å²) in [4.78, 5) is 0. The molecule has 0 bridgehead atoms. The van der Waals surface area contributed by atoms with Crippen molar-refractivity contribution in [1.29, 1.82) is 0 Å². The second-order valence-corrected chi connectivity index (χ2v) is 2.18. The second kappa shape index (κ2) is 7.42. The first-order valence-corrected chi connectivity index (χ1v) is 3.63. The van der Waals surface area contributed by atoms with Crippen LogP contribution in [0.3, 0.4) is 0 Å². The van der Waals surface area contributed by atoms with Gasteiger partial charge in [-0.25, -0.2) is 0 Å². The fourth-order valence-electron chi connectivity index (χ4n) is 0.786. The van der Waals surface area contributed by atoms with Crippen LogP contribution in [0.4, 0.5) is 0 Å². The molecule has 0 amide bonds. The van der Waals surface area contributed by atoms with Crippen LogP contribution in [-0.2, 0) is 0 Å². The minimum Gasteiger partial charge on any atom is -0.197 e. The molecule has 0 aromatic carbocycles. The van der Waals surface area contributed by atoms with E-state index in [2.05, 4.69) is 48.6 Å². The summed E-state index contributed by atoms with van der Waals surface area (Å²) in [5.41, 5.74) is 0. The molecule has 2 aliphatic carbocycles. The van der Waals surface area contributed by atoms with Gasteiger partial charge in [-0.05, 0) is 12.8 Å². The van der Waals surface area contributed by atoms with Crippen molar-refractivity contribution < 1.29 is 0 Å². The summed E-state index contributed by atoms with van der Waals surface area (Å²) in [5.74, 6) is 0. The molecule has 0 fully saturated rings. The highest BCUT2D eigenvalue weighted by Crippen LogP contribution is 1.93. The number of hydrogen-bond donors (Lipinski definition) is 0. The Bertz CT molecular complexity index is 143. The van der Waals surface area contributed by atoms with Gasteiger partial charge >= 0.3 is 0 Å². The Morgan fingerprint density at radius 3 is 0.909 bits per heavy atom. The Balaban J connectivity index is 0.000000167. The van der Waals surface area contributed by atoms with Gasteiger partial charge < -0.3 is 0 Å². The second-order valence-electron chi connectivity index (χ2n) is 2.18. The Hall–Kier alpha value is -0.690. The van der Waals surface area contributed by atoms with E-state index in [9.17, 15) is 0 Å². The van der Waals surface area contributed by atoms with Gasteiger partial charge in [-0.3, -0.25) is 0 Å². The topological polar surface area (TPSA) is 0 Å². The van der Waals surface area contributed by atoms with Crippen LogP contribution in [0.1, 0.15) is 12.8 Å². The predicted molar refractivity (Wildman–Crippen MR) is 56.2 cm³/mol. The molecule has 2 rings (SSSR count). The molecule has 0 atom stereocenters. The Morgan fingerprint density at radius 2 is 0.818 bits per heavy atom. The fourth-order valence-corrected chi connectivity index (χ4v) is 0.786. The average molecular weight is 166 g/mol. The average Bonchev–Trinajstić information content (AvgIpc) is 2.67. The Labute approximate surface area is 75.5 Å². The SMILES string of the molecule is C1=CCC=C1.C1=CCC=C1.S. The molecular formula is C10H14S. The maximum atomic E-state index is 2.12. The molecule has 0 saturated heterocycles. The van der Waals surface area contributed by atoms with Crippen LogP contribution in [0, 0.1) is 0 Å². The van der Waals surface area contributed by atoms with Crippen molar-refractivity contribution in [2.24, 2.45) is 0 Å². The quantitative estimate of drug-likeness (QED) is 0.518. The molecule has 0 radical (unpaired) electrons. The molecule has 0 aromatic rings. The molecule has 0 saturated carbocycles. The minimum absolute atomic E-state index is 0. The van der Waals surface area contributed by atoms with Gasteiger partial charge in [0.25, 0.3) is 0 Å². The van der Waals surface area contributed by atoms with Gasteiger partial charge in [-0.15, -0.1) is 0 Å². The lowest BCUT2D eigenvalue weighted by Crippen LogP contribution is -1.37. The van der Waals surface area contributed by atoms with E-state index in [4.69, 9.17) is 0 Å². The third kappa shape index (κ3) is 5.74. The third-order valence-electron chi connectivity index (χ3n) is 1.31. The van der Waals surface area contributed by atoms with Crippen LogP contribution in [0.15, 0.2) is 48.6 Å². The van der Waals surface area contributed by atoms with Gasteiger partial charge in [0.2, 0.25) is 0 Å². The van der Waals surface area contributed by atoms with Crippen LogP contribution in [0.5, 0.6) is 0 Å². The van der Waals surface area contributed by atoms with Crippen molar-refractivity contribution in [3.05, 3.63) is 48.6 Å². The lowest BCUT2D eigenvalue weighted by molar-refractivity contribution is 1.45. The van der Waals surface area contributed by atoms with Crippen molar-refractivity contribution in [2.75, 3.05) is 0 Å². The van der Waals surface area contributed by atoms with Crippen molar-refractivity contribution in [1.82, 2.24) is 0 Å². The maximum Gasteiger partial charge on any atom is -0.0163 e. The van der Waals surface area contributed by atoms with Crippen molar-refractivity contribution >= 4 is 13.5 Å². The number of allylic oxidation sites excluding steroid dienone is 8. The lowest BCUT2D eigenvalue weighted by Gasteiger charge is -1.57. The number of rotatable bonds is 0. The summed E-state index contributed by atoms with van der Waals surface area (Å²) in [6.45, 7) is 0. The first-order chi connectivity index (χ1) is 5.00. The molecule has 0 aliphatic heterocycles. The van der Waals surface area contributed by atoms with Crippen LogP contribution < -0.4 is 0 Å². The smallest absolute Gasteiger partial charge is 0.0163 e. The Kier molecular flexibility index (Phi) is 6.95. The standard InChI is InChI=1S/2C5H6.H2S/c2*1-2-4-5-3-1;/h2*1-4H,5H2;1H2. The number of hydrogen-bond acceptors (Lipinski definition) is 0. The first-order valence-electron chi connectivity index (χ1n) is 3.63. The highest BCUT2D eigenvalue weighted by Gasteiger charge is 1.72. The summed E-state index contributed by atoms with van der Waals surface area (Å²) in [6.07, 6.45) is 19.0. The van der Waals surface area contributed by atoms with Crippen molar-refractivity contribution in [3.8, 4) is 0 Å². The molecule has 1 heteroatoms. The van der Waals surface area contributed by atoms with Gasteiger partial charge in [0, 0.05) is 0 Å². The van der Waals surface area contributed by atoms with E-state index < -0.39 is 0 Å². The third-order valence-corrected chi connectivity index (χ3v) is 1.31. The zero-order chi connectivity index (χ0) is 7.07. The van der Waals surface area contributed by atoms with E-state index in [0.29, 0.717) is 0 Å². The summed E-state index contributed by atoms with van der Waals surface area (Å²) in [5, 5.41) is 0. The van der Waals surface area contributed by atoms with Gasteiger partial charge in [-0.2, -0.15) is 13.5 Å². The minimum atomic E-state index is 0. The predicted octanol–water partition coefficient (Wildman–Crippen LogP) is 3.12. The fraction of sp³-hybridized carbons (Fsp3) is 0.200. The summed E-state index contributed by atoms with van der Waals surface area (Å²) < 4.78 is 0. The molecule has 0 N–H and O–H groups in total. The molecule has 0 unspecified atom stereocenters. The largest absolute Gasteiger partial charge is 0.197 e. The van der Waals surface area contributed by atoms with Crippen LogP contribution in [-0.4, -0.2) is 0 Å². The molecule has 2 aliphatic rings. The highest BCUT2D eigenvalue weighted by atomic mass is 32.1. The van der Waals surface area contributed by atoms with E-state index in [0.717, 1.165) is 12.8 Å². The maximum absolute atomic E-state index is 2.12. The first kappa shape index (κ1) is 10.3. The summed E-state index contributed by atoms with van der Waals surface area (Å²) in [6, 6.07) is 0. The highest BCUT2D eigenvalue weighted by molar-refractivity contribution is 7.59.